The van der Waals surface area contributed by atoms with Gasteiger partial charge >= 0.3 is 6.03 Å². The van der Waals surface area contributed by atoms with E-state index in [2.05, 4.69) is 39.4 Å². The number of nitrogens with one attached hydrogen (secondary N) is 1. The summed E-state index contributed by atoms with van der Waals surface area (Å²) in [4.78, 5) is 14.2. The molecule has 0 fully saturated rings. The van der Waals surface area contributed by atoms with Gasteiger partial charge in [0.25, 0.3) is 0 Å². The molecule has 4 heteroatoms. The number of nitrogens with zero attached hydrogens (tertiary/aromatic N) is 1. The molecule has 1 aliphatic rings. The Labute approximate surface area is 133 Å². The Bertz CT molecular complexity index is 684. The summed E-state index contributed by atoms with van der Waals surface area (Å²) < 4.78 is 1.05. The van der Waals surface area contributed by atoms with Gasteiger partial charge in [0.2, 0.25) is 0 Å². The van der Waals surface area contributed by atoms with Gasteiger partial charge in [-0.3, -0.25) is 0 Å². The molecular weight excluding hydrogens is 328 g/mol. The molecule has 2 aromatic carbocycles. The van der Waals surface area contributed by atoms with E-state index in [-0.39, 0.29) is 6.03 Å². The lowest BCUT2D eigenvalue weighted by Gasteiger charge is -2.29. The lowest BCUT2D eigenvalue weighted by Crippen LogP contribution is -2.38. The maximum atomic E-state index is 12.4. The number of urea groups is 1. The molecule has 108 valence electrons. The van der Waals surface area contributed by atoms with Gasteiger partial charge in [-0.05, 0) is 48.2 Å². The maximum absolute atomic E-state index is 12.4. The molecule has 2 amide bonds. The fraction of sp³-hybridized carbons (Fsp3) is 0.235. The number of anilines is 1. The van der Waals surface area contributed by atoms with Crippen molar-refractivity contribution < 1.29 is 4.79 Å². The van der Waals surface area contributed by atoms with Crippen LogP contribution in [0.25, 0.3) is 0 Å². The molecule has 3 nitrogen and oxygen atoms in total. The van der Waals surface area contributed by atoms with Gasteiger partial charge in [0.15, 0.2) is 0 Å². The molecule has 3 rings (SSSR count). The van der Waals surface area contributed by atoms with Crippen LogP contribution in [0.15, 0.2) is 46.9 Å². The van der Waals surface area contributed by atoms with Crippen LogP contribution in [-0.2, 0) is 13.0 Å². The SMILES string of the molecule is Cc1cc(NC(=O)N2CCc3ccccc3C2)ccc1Br. The van der Waals surface area contributed by atoms with E-state index in [4.69, 9.17) is 0 Å². The summed E-state index contributed by atoms with van der Waals surface area (Å²) in [6.45, 7) is 3.45. The monoisotopic (exact) mass is 344 g/mol. The highest BCUT2D eigenvalue weighted by molar-refractivity contribution is 9.10. The van der Waals surface area contributed by atoms with E-state index in [0.29, 0.717) is 6.54 Å². The summed E-state index contributed by atoms with van der Waals surface area (Å²) >= 11 is 3.47. The second kappa shape index (κ2) is 5.90. The Hall–Kier alpha value is -1.81. The second-order valence-corrected chi connectivity index (χ2v) is 6.19. The van der Waals surface area contributed by atoms with Crippen molar-refractivity contribution in [1.29, 1.82) is 0 Å². The number of carbonyl (C=O) groups excluding carboxylic acids is 1. The molecule has 1 heterocycles. The van der Waals surface area contributed by atoms with Gasteiger partial charge in [0.05, 0.1) is 0 Å². The maximum Gasteiger partial charge on any atom is 0.322 e. The van der Waals surface area contributed by atoms with Gasteiger partial charge in [0, 0.05) is 23.2 Å². The van der Waals surface area contributed by atoms with E-state index in [1.54, 1.807) is 0 Å². The van der Waals surface area contributed by atoms with Crippen LogP contribution in [0.1, 0.15) is 16.7 Å². The fourth-order valence-electron chi connectivity index (χ4n) is 2.59. The minimum atomic E-state index is -0.0359. The highest BCUT2D eigenvalue weighted by atomic mass is 79.9. The van der Waals surface area contributed by atoms with Crippen LogP contribution < -0.4 is 5.32 Å². The predicted molar refractivity (Wildman–Crippen MR) is 88.5 cm³/mol. The van der Waals surface area contributed by atoms with E-state index in [1.165, 1.54) is 11.1 Å². The van der Waals surface area contributed by atoms with Crippen LogP contribution >= 0.6 is 15.9 Å². The Morgan fingerprint density at radius 3 is 2.71 bits per heavy atom. The van der Waals surface area contributed by atoms with Crippen LogP contribution in [0.4, 0.5) is 10.5 Å². The third kappa shape index (κ3) is 3.10. The lowest BCUT2D eigenvalue weighted by molar-refractivity contribution is 0.206. The largest absolute Gasteiger partial charge is 0.322 e. The first-order chi connectivity index (χ1) is 10.1. The Morgan fingerprint density at radius 2 is 1.95 bits per heavy atom. The molecule has 0 radical (unpaired) electrons. The van der Waals surface area contributed by atoms with Crippen LogP contribution in [0.3, 0.4) is 0 Å². The zero-order chi connectivity index (χ0) is 14.8. The molecule has 1 N–H and O–H groups in total. The van der Waals surface area contributed by atoms with E-state index in [0.717, 1.165) is 28.7 Å². The third-order valence-electron chi connectivity index (χ3n) is 3.83. The van der Waals surface area contributed by atoms with Gasteiger partial charge in [0.1, 0.15) is 0 Å². The van der Waals surface area contributed by atoms with Crippen LogP contribution in [0.2, 0.25) is 0 Å². The number of hydrogen-bond acceptors (Lipinski definition) is 1. The molecular formula is C17H17BrN2O. The number of benzene rings is 2. The van der Waals surface area contributed by atoms with E-state index >= 15 is 0 Å². The molecule has 0 aliphatic carbocycles. The van der Waals surface area contributed by atoms with E-state index in [1.807, 2.05) is 36.1 Å². The van der Waals surface area contributed by atoms with Gasteiger partial charge in [-0.25, -0.2) is 4.79 Å². The molecule has 0 atom stereocenters. The van der Waals surface area contributed by atoms with Crippen molar-refractivity contribution in [2.75, 3.05) is 11.9 Å². The van der Waals surface area contributed by atoms with Crippen molar-refractivity contribution in [3.8, 4) is 0 Å². The molecule has 21 heavy (non-hydrogen) atoms. The van der Waals surface area contributed by atoms with Crippen molar-refractivity contribution in [1.82, 2.24) is 4.90 Å². The quantitative estimate of drug-likeness (QED) is 0.819. The Morgan fingerprint density at radius 1 is 1.19 bits per heavy atom. The smallest absolute Gasteiger partial charge is 0.320 e. The number of halogens is 1. The van der Waals surface area contributed by atoms with Gasteiger partial charge in [-0.15, -0.1) is 0 Å². The van der Waals surface area contributed by atoms with Crippen molar-refractivity contribution >= 4 is 27.6 Å². The van der Waals surface area contributed by atoms with Crippen LogP contribution in [-0.4, -0.2) is 17.5 Å². The summed E-state index contributed by atoms with van der Waals surface area (Å²) in [5.74, 6) is 0. The summed E-state index contributed by atoms with van der Waals surface area (Å²) in [5, 5.41) is 2.98. The lowest BCUT2D eigenvalue weighted by atomic mass is 10.0. The molecule has 1 aliphatic heterocycles. The van der Waals surface area contributed by atoms with Gasteiger partial charge in [-0.1, -0.05) is 40.2 Å². The van der Waals surface area contributed by atoms with E-state index < -0.39 is 0 Å². The second-order valence-electron chi connectivity index (χ2n) is 5.33. The predicted octanol–water partition coefficient (Wildman–Crippen LogP) is 4.35. The van der Waals surface area contributed by atoms with Crippen molar-refractivity contribution in [2.24, 2.45) is 0 Å². The number of amides is 2. The average molecular weight is 345 g/mol. The molecule has 2 aromatic rings. The third-order valence-corrected chi connectivity index (χ3v) is 4.72. The summed E-state index contributed by atoms with van der Waals surface area (Å²) in [6.07, 6.45) is 0.920. The molecule has 0 saturated heterocycles. The van der Waals surface area contributed by atoms with Crippen molar-refractivity contribution in [3.63, 3.8) is 0 Å². The normalized spacial score (nSPS) is 13.7. The number of hydrogen-bond donors (Lipinski definition) is 1. The minimum Gasteiger partial charge on any atom is -0.320 e. The zero-order valence-electron chi connectivity index (χ0n) is 11.9. The van der Waals surface area contributed by atoms with Gasteiger partial charge in [-0.2, -0.15) is 0 Å². The molecule has 0 aromatic heterocycles. The first kappa shape index (κ1) is 14.1. The fourth-order valence-corrected chi connectivity index (χ4v) is 2.84. The van der Waals surface area contributed by atoms with Crippen molar-refractivity contribution in [2.45, 2.75) is 19.9 Å². The minimum absolute atomic E-state index is 0.0359. The van der Waals surface area contributed by atoms with E-state index in [9.17, 15) is 4.79 Å². The van der Waals surface area contributed by atoms with Crippen molar-refractivity contribution in [3.05, 3.63) is 63.6 Å². The highest BCUT2D eigenvalue weighted by Crippen LogP contribution is 2.22. The van der Waals surface area contributed by atoms with Crippen LogP contribution in [0, 0.1) is 6.92 Å². The number of aryl methyl sites for hydroxylation is 1. The summed E-state index contributed by atoms with van der Waals surface area (Å²) in [5.41, 5.74) is 4.53. The summed E-state index contributed by atoms with van der Waals surface area (Å²) in [7, 11) is 0. The number of rotatable bonds is 1. The molecule has 0 bridgehead atoms. The molecule has 0 spiro atoms. The average Bonchev–Trinajstić information content (AvgIpc) is 2.50. The van der Waals surface area contributed by atoms with Gasteiger partial charge < -0.3 is 10.2 Å². The number of carbonyl (C=O) groups is 1. The Balaban J connectivity index is 1.70. The standard InChI is InChI=1S/C17H17BrN2O/c1-12-10-15(6-7-16(12)18)19-17(21)20-9-8-13-4-2-3-5-14(13)11-20/h2-7,10H,8-9,11H2,1H3,(H,19,21). The first-order valence-electron chi connectivity index (χ1n) is 7.02. The molecule has 0 unspecified atom stereocenters. The summed E-state index contributed by atoms with van der Waals surface area (Å²) in [6, 6.07) is 14.1. The first-order valence-corrected chi connectivity index (χ1v) is 7.81. The highest BCUT2D eigenvalue weighted by Gasteiger charge is 2.20. The zero-order valence-corrected chi connectivity index (χ0v) is 13.5. The Kier molecular flexibility index (Phi) is 3.97. The molecule has 0 saturated carbocycles. The van der Waals surface area contributed by atoms with Crippen LogP contribution in [0.5, 0.6) is 0 Å². The number of fused-ring (bicyclic) bond motifs is 1. The topological polar surface area (TPSA) is 32.3 Å².